The topological polar surface area (TPSA) is 93.4 Å². The zero-order valence-electron chi connectivity index (χ0n) is 23.1. The van der Waals surface area contributed by atoms with E-state index in [0.29, 0.717) is 48.9 Å². The van der Waals surface area contributed by atoms with E-state index in [2.05, 4.69) is 15.5 Å². The Balaban J connectivity index is 1.44. The number of nitrogens with zero attached hydrogens (tertiary/aromatic N) is 4. The summed E-state index contributed by atoms with van der Waals surface area (Å²) in [5.41, 5.74) is 3.40. The van der Waals surface area contributed by atoms with Crippen LogP contribution in [-0.2, 0) is 11.8 Å². The van der Waals surface area contributed by atoms with Crippen molar-refractivity contribution in [3.05, 3.63) is 99.2 Å². The number of anilines is 1. The van der Waals surface area contributed by atoms with Crippen molar-refractivity contribution < 1.29 is 13.9 Å². The van der Waals surface area contributed by atoms with Gasteiger partial charge in [-0.25, -0.2) is 13.9 Å². The second kappa shape index (κ2) is 12.3. The molecule has 2 N–H and O–H groups in total. The SMILES string of the molecule is COCCN1C[C@H](NC(=O)Nc2c(C)c(-c3ccn(C)c(=O)c3)nn2-c2ccccc2)[C@@H](c2ccc(F)c(Cl)c2)C1. The molecule has 0 radical (unpaired) electrons. The fourth-order valence-corrected chi connectivity index (χ4v) is 5.39. The molecule has 0 unspecified atom stereocenters. The van der Waals surface area contributed by atoms with Crippen LogP contribution in [0.5, 0.6) is 0 Å². The fraction of sp³-hybridized carbons (Fsp3) is 0.300. The van der Waals surface area contributed by atoms with Crippen LogP contribution in [0.4, 0.5) is 15.0 Å². The first-order chi connectivity index (χ1) is 19.7. The lowest BCUT2D eigenvalue weighted by Gasteiger charge is -2.21. The molecule has 3 heterocycles. The lowest BCUT2D eigenvalue weighted by atomic mass is 9.94. The van der Waals surface area contributed by atoms with Crippen molar-refractivity contribution in [3.8, 4) is 16.9 Å². The summed E-state index contributed by atoms with van der Waals surface area (Å²) >= 11 is 6.10. The van der Waals surface area contributed by atoms with Gasteiger partial charge in [0.1, 0.15) is 11.6 Å². The first kappa shape index (κ1) is 28.5. The average Bonchev–Trinajstić information content (AvgIpc) is 3.51. The maximum atomic E-state index is 13.9. The average molecular weight is 579 g/mol. The molecule has 1 saturated heterocycles. The van der Waals surface area contributed by atoms with Crippen molar-refractivity contribution in [2.45, 2.75) is 18.9 Å². The number of rotatable bonds is 8. The molecule has 0 saturated carbocycles. The summed E-state index contributed by atoms with van der Waals surface area (Å²) in [6.45, 7) is 4.36. The van der Waals surface area contributed by atoms with E-state index in [1.165, 1.54) is 16.7 Å². The van der Waals surface area contributed by atoms with E-state index in [1.807, 2.05) is 43.3 Å². The highest BCUT2D eigenvalue weighted by molar-refractivity contribution is 6.30. The van der Waals surface area contributed by atoms with E-state index in [9.17, 15) is 14.0 Å². The molecule has 0 bridgehead atoms. The van der Waals surface area contributed by atoms with Crippen molar-refractivity contribution in [3.63, 3.8) is 0 Å². The molecule has 0 spiro atoms. The molecule has 4 aromatic rings. The number of pyridine rings is 1. The third-order valence-corrected chi connectivity index (χ3v) is 7.72. The van der Waals surface area contributed by atoms with E-state index in [-0.39, 0.29) is 22.5 Å². The number of carbonyl (C=O) groups excluding carboxylic acids is 1. The summed E-state index contributed by atoms with van der Waals surface area (Å²) in [7, 11) is 3.34. The van der Waals surface area contributed by atoms with Crippen LogP contribution in [0, 0.1) is 12.7 Å². The number of amides is 2. The van der Waals surface area contributed by atoms with Crippen molar-refractivity contribution in [1.29, 1.82) is 0 Å². The van der Waals surface area contributed by atoms with Gasteiger partial charge >= 0.3 is 6.03 Å². The molecule has 41 heavy (non-hydrogen) atoms. The molecular formula is C30H32ClFN6O3. The molecular weight excluding hydrogens is 547 g/mol. The molecule has 2 aromatic carbocycles. The molecule has 2 amide bonds. The van der Waals surface area contributed by atoms with Crippen LogP contribution in [0.15, 0.2) is 71.7 Å². The summed E-state index contributed by atoms with van der Waals surface area (Å²) in [5, 5.41) is 11.0. The number of methoxy groups -OCH3 is 1. The van der Waals surface area contributed by atoms with Gasteiger partial charge in [0.15, 0.2) is 0 Å². The van der Waals surface area contributed by atoms with Gasteiger partial charge in [-0.05, 0) is 42.8 Å². The number of halogens is 2. The van der Waals surface area contributed by atoms with Crippen LogP contribution in [0.1, 0.15) is 17.0 Å². The number of aromatic nitrogens is 3. The third-order valence-electron chi connectivity index (χ3n) is 7.43. The number of hydrogen-bond acceptors (Lipinski definition) is 5. The number of urea groups is 1. The van der Waals surface area contributed by atoms with Gasteiger partial charge in [-0.3, -0.25) is 15.0 Å². The highest BCUT2D eigenvalue weighted by atomic mass is 35.5. The Morgan fingerprint density at radius 3 is 2.63 bits per heavy atom. The molecule has 11 heteroatoms. The van der Waals surface area contributed by atoms with Crippen molar-refractivity contribution >= 4 is 23.4 Å². The number of carbonyl (C=O) groups is 1. The monoisotopic (exact) mass is 578 g/mol. The molecule has 1 aliphatic rings. The second-order valence-corrected chi connectivity index (χ2v) is 10.6. The van der Waals surface area contributed by atoms with Crippen molar-refractivity contribution in [2.24, 2.45) is 7.05 Å². The van der Waals surface area contributed by atoms with Gasteiger partial charge in [0.25, 0.3) is 5.56 Å². The van der Waals surface area contributed by atoms with Crippen LogP contribution in [0.3, 0.4) is 0 Å². The predicted molar refractivity (Wildman–Crippen MR) is 157 cm³/mol. The van der Waals surface area contributed by atoms with E-state index in [4.69, 9.17) is 21.4 Å². The summed E-state index contributed by atoms with van der Waals surface area (Å²) in [6.07, 6.45) is 1.69. The minimum atomic E-state index is -0.483. The molecule has 1 fully saturated rings. The Morgan fingerprint density at radius 1 is 1.15 bits per heavy atom. The minimum absolute atomic E-state index is 0.0479. The Labute approximate surface area is 242 Å². The Hall–Kier alpha value is -3.99. The summed E-state index contributed by atoms with van der Waals surface area (Å²) in [4.78, 5) is 28.1. The number of aryl methyl sites for hydroxylation is 1. The molecule has 214 valence electrons. The van der Waals surface area contributed by atoms with Crippen LogP contribution in [0.2, 0.25) is 5.02 Å². The third kappa shape index (κ3) is 6.19. The first-order valence-electron chi connectivity index (χ1n) is 13.3. The first-order valence-corrected chi connectivity index (χ1v) is 13.7. The van der Waals surface area contributed by atoms with Gasteiger partial charge in [-0.1, -0.05) is 35.9 Å². The number of hydrogen-bond donors (Lipinski definition) is 2. The number of likely N-dealkylation sites (tertiary alicyclic amines) is 1. The van der Waals surface area contributed by atoms with Crippen molar-refractivity contribution in [2.75, 3.05) is 38.7 Å². The standard InChI is InChI=1S/C30H32ClFN6O3/c1-19-28(21-11-12-36(2)27(39)16-21)35-38(22-7-5-4-6-8-22)29(19)34-30(40)33-26-18-37(13-14-41-3)17-23(26)20-9-10-25(32)24(31)15-20/h4-12,15-16,23,26H,13-14,17-18H2,1-3H3,(H2,33,34,40)/t23-,26+/m1/s1. The number of ether oxygens (including phenoxy) is 1. The smallest absolute Gasteiger partial charge is 0.320 e. The lowest BCUT2D eigenvalue weighted by molar-refractivity contribution is 0.159. The highest BCUT2D eigenvalue weighted by Gasteiger charge is 2.35. The number of nitrogens with one attached hydrogen (secondary N) is 2. The number of benzene rings is 2. The summed E-state index contributed by atoms with van der Waals surface area (Å²) < 4.78 is 22.3. The van der Waals surface area contributed by atoms with Crippen LogP contribution < -0.4 is 16.2 Å². The molecule has 9 nitrogen and oxygen atoms in total. The predicted octanol–water partition coefficient (Wildman–Crippen LogP) is 4.57. The van der Waals surface area contributed by atoms with Crippen LogP contribution in [0.25, 0.3) is 16.9 Å². The summed E-state index contributed by atoms with van der Waals surface area (Å²) in [6, 6.07) is 16.8. The maximum absolute atomic E-state index is 13.9. The van der Waals surface area contributed by atoms with Crippen LogP contribution >= 0.6 is 11.6 Å². The maximum Gasteiger partial charge on any atom is 0.320 e. The minimum Gasteiger partial charge on any atom is -0.383 e. The molecule has 1 aliphatic heterocycles. The van der Waals surface area contributed by atoms with E-state index < -0.39 is 11.8 Å². The number of para-hydroxylation sites is 1. The Bertz CT molecular complexity index is 1610. The second-order valence-electron chi connectivity index (χ2n) is 10.2. The Kier molecular flexibility index (Phi) is 8.53. The zero-order valence-corrected chi connectivity index (χ0v) is 23.9. The summed E-state index contributed by atoms with van der Waals surface area (Å²) in [5.74, 6) is -0.101. The van der Waals surface area contributed by atoms with Gasteiger partial charge in [-0.2, -0.15) is 5.10 Å². The Morgan fingerprint density at radius 2 is 1.93 bits per heavy atom. The quantitative estimate of drug-likeness (QED) is 0.319. The lowest BCUT2D eigenvalue weighted by Crippen LogP contribution is -2.42. The van der Waals surface area contributed by atoms with Crippen molar-refractivity contribution in [1.82, 2.24) is 24.6 Å². The zero-order chi connectivity index (χ0) is 29.1. The molecule has 2 atom stereocenters. The van der Waals surface area contributed by atoms with Gasteiger partial charge in [0.2, 0.25) is 0 Å². The van der Waals surface area contributed by atoms with Gasteiger partial charge in [0, 0.05) is 63.1 Å². The largest absolute Gasteiger partial charge is 0.383 e. The van der Waals surface area contributed by atoms with Crippen LogP contribution in [-0.4, -0.2) is 64.7 Å². The van der Waals surface area contributed by atoms with E-state index in [0.717, 1.165) is 11.3 Å². The molecule has 0 aliphatic carbocycles. The fourth-order valence-electron chi connectivity index (χ4n) is 5.20. The van der Waals surface area contributed by atoms with Gasteiger partial charge in [-0.15, -0.1) is 0 Å². The van der Waals surface area contributed by atoms with Gasteiger partial charge in [0.05, 0.1) is 29.1 Å². The highest BCUT2D eigenvalue weighted by Crippen LogP contribution is 2.32. The molecule has 2 aromatic heterocycles. The van der Waals surface area contributed by atoms with E-state index >= 15 is 0 Å². The van der Waals surface area contributed by atoms with Gasteiger partial charge < -0.3 is 14.6 Å². The normalized spacial score (nSPS) is 17.1. The van der Waals surface area contributed by atoms with E-state index in [1.54, 1.807) is 37.2 Å². The molecule has 5 rings (SSSR count).